The highest BCUT2D eigenvalue weighted by Gasteiger charge is 2.39. The summed E-state index contributed by atoms with van der Waals surface area (Å²) in [5, 5.41) is 6.33. The van der Waals surface area contributed by atoms with Gasteiger partial charge in [-0.25, -0.2) is 4.39 Å². The smallest absolute Gasteiger partial charge is 0.355 e. The Balaban J connectivity index is 1.65. The monoisotopic (exact) mass is 443 g/mol. The van der Waals surface area contributed by atoms with Crippen molar-refractivity contribution in [2.24, 2.45) is 4.99 Å². The van der Waals surface area contributed by atoms with Crippen LogP contribution >= 0.6 is 0 Å². The number of alkyl halides is 3. The van der Waals surface area contributed by atoms with Crippen molar-refractivity contribution >= 4 is 5.96 Å². The fraction of sp³-hybridized carbons (Fsp3) is 0.682. The van der Waals surface area contributed by atoms with Crippen molar-refractivity contribution in [3.63, 3.8) is 0 Å². The Labute approximate surface area is 181 Å². The summed E-state index contributed by atoms with van der Waals surface area (Å²) in [7, 11) is 3.74. The molecule has 2 aliphatic rings. The van der Waals surface area contributed by atoms with Crippen LogP contribution in [0, 0.1) is 5.82 Å². The van der Waals surface area contributed by atoms with E-state index in [1.54, 1.807) is 7.05 Å². The van der Waals surface area contributed by atoms with Crippen molar-refractivity contribution in [3.8, 4) is 0 Å². The SMILES string of the molecule is CN=C(NCc1ccc(F)cc1C(F)(F)F)NCC1(N2CCCCC2)CCN(C)CC1. The molecule has 1 aromatic carbocycles. The first-order valence-electron chi connectivity index (χ1n) is 11.0. The van der Waals surface area contributed by atoms with E-state index in [2.05, 4.69) is 32.5 Å². The minimum Gasteiger partial charge on any atom is -0.355 e. The average Bonchev–Trinajstić information content (AvgIpc) is 2.76. The van der Waals surface area contributed by atoms with Gasteiger partial charge >= 0.3 is 6.18 Å². The second kappa shape index (κ2) is 10.2. The molecule has 0 aliphatic carbocycles. The number of hydrogen-bond acceptors (Lipinski definition) is 3. The van der Waals surface area contributed by atoms with Crippen LogP contribution in [-0.4, -0.2) is 68.1 Å². The lowest BCUT2D eigenvalue weighted by Gasteiger charge is -2.50. The van der Waals surface area contributed by atoms with Crippen molar-refractivity contribution in [2.75, 3.05) is 46.8 Å². The van der Waals surface area contributed by atoms with Crippen LogP contribution in [0.3, 0.4) is 0 Å². The Kier molecular flexibility index (Phi) is 7.80. The van der Waals surface area contributed by atoms with Gasteiger partial charge < -0.3 is 15.5 Å². The molecule has 0 radical (unpaired) electrons. The molecule has 2 N–H and O–H groups in total. The topological polar surface area (TPSA) is 42.9 Å². The van der Waals surface area contributed by atoms with E-state index in [1.807, 2.05) is 0 Å². The molecule has 0 saturated carbocycles. The van der Waals surface area contributed by atoms with E-state index in [0.717, 1.165) is 45.1 Å². The van der Waals surface area contributed by atoms with Crippen LogP contribution in [0.1, 0.15) is 43.2 Å². The molecule has 9 heteroatoms. The fourth-order valence-electron chi connectivity index (χ4n) is 4.62. The van der Waals surface area contributed by atoms with E-state index in [4.69, 9.17) is 0 Å². The summed E-state index contributed by atoms with van der Waals surface area (Å²) in [6.07, 6.45) is 1.16. The molecule has 2 saturated heterocycles. The Morgan fingerprint density at radius 3 is 2.35 bits per heavy atom. The van der Waals surface area contributed by atoms with Gasteiger partial charge in [-0.05, 0) is 76.6 Å². The average molecular weight is 444 g/mol. The zero-order valence-electron chi connectivity index (χ0n) is 18.4. The summed E-state index contributed by atoms with van der Waals surface area (Å²) in [4.78, 5) is 9.12. The standard InChI is InChI=1S/C22H33F4N5/c1-27-20(28-15-17-6-7-18(23)14-19(17)22(24,25)26)29-16-21(8-12-30(2)13-9-21)31-10-4-3-5-11-31/h6-7,14H,3-5,8-13,15-16H2,1-2H3,(H2,27,28,29). The van der Waals surface area contributed by atoms with Crippen LogP contribution in [0.4, 0.5) is 17.6 Å². The van der Waals surface area contributed by atoms with Crippen molar-refractivity contribution < 1.29 is 17.6 Å². The van der Waals surface area contributed by atoms with Crippen LogP contribution in [-0.2, 0) is 12.7 Å². The van der Waals surface area contributed by atoms with Gasteiger partial charge in [0.05, 0.1) is 5.56 Å². The lowest BCUT2D eigenvalue weighted by Crippen LogP contribution is -2.62. The van der Waals surface area contributed by atoms with E-state index in [-0.39, 0.29) is 17.6 Å². The fourth-order valence-corrected chi connectivity index (χ4v) is 4.62. The summed E-state index contributed by atoms with van der Waals surface area (Å²) in [6, 6.07) is 2.76. The molecule has 0 unspecified atom stereocenters. The third kappa shape index (κ3) is 6.10. The maximum atomic E-state index is 13.4. The van der Waals surface area contributed by atoms with Gasteiger partial charge in [0.2, 0.25) is 0 Å². The summed E-state index contributed by atoms with van der Waals surface area (Å²) in [5.74, 6) is -0.447. The van der Waals surface area contributed by atoms with Gasteiger partial charge in [-0.2, -0.15) is 13.2 Å². The zero-order chi connectivity index (χ0) is 22.5. The van der Waals surface area contributed by atoms with Crippen molar-refractivity contribution in [3.05, 3.63) is 35.1 Å². The number of nitrogens with one attached hydrogen (secondary N) is 2. The Hall–Kier alpha value is -1.87. The van der Waals surface area contributed by atoms with Crippen molar-refractivity contribution in [1.29, 1.82) is 0 Å². The van der Waals surface area contributed by atoms with E-state index < -0.39 is 17.6 Å². The van der Waals surface area contributed by atoms with Crippen LogP contribution in [0.25, 0.3) is 0 Å². The maximum Gasteiger partial charge on any atom is 0.416 e. The highest BCUT2D eigenvalue weighted by Crippen LogP contribution is 2.33. The molecule has 0 amide bonds. The minimum absolute atomic E-state index is 0.0121. The Bertz CT molecular complexity index is 751. The summed E-state index contributed by atoms with van der Waals surface area (Å²) in [6.45, 7) is 4.82. The molecule has 0 aromatic heterocycles. The number of likely N-dealkylation sites (tertiary alicyclic amines) is 2. The molecule has 0 spiro atoms. The third-order valence-electron chi connectivity index (χ3n) is 6.58. The van der Waals surface area contributed by atoms with E-state index in [0.29, 0.717) is 18.6 Å². The summed E-state index contributed by atoms with van der Waals surface area (Å²) >= 11 is 0. The molecule has 1 aromatic rings. The maximum absolute atomic E-state index is 13.4. The predicted molar refractivity (Wildman–Crippen MR) is 114 cm³/mol. The molecular weight excluding hydrogens is 410 g/mol. The van der Waals surface area contributed by atoms with Gasteiger partial charge in [-0.15, -0.1) is 0 Å². The van der Waals surface area contributed by atoms with E-state index in [9.17, 15) is 17.6 Å². The molecule has 0 atom stereocenters. The minimum atomic E-state index is -4.61. The second-order valence-corrected chi connectivity index (χ2v) is 8.65. The molecule has 31 heavy (non-hydrogen) atoms. The first-order chi connectivity index (χ1) is 14.7. The zero-order valence-corrected chi connectivity index (χ0v) is 18.4. The van der Waals surface area contributed by atoms with Crippen LogP contribution < -0.4 is 10.6 Å². The molecule has 2 fully saturated rings. The van der Waals surface area contributed by atoms with Crippen LogP contribution in [0.2, 0.25) is 0 Å². The number of nitrogens with zero attached hydrogens (tertiary/aromatic N) is 3. The molecule has 2 heterocycles. The number of rotatable bonds is 5. The van der Waals surface area contributed by atoms with Crippen molar-refractivity contribution in [2.45, 2.75) is 50.4 Å². The molecule has 5 nitrogen and oxygen atoms in total. The highest BCUT2D eigenvalue weighted by molar-refractivity contribution is 5.79. The Morgan fingerprint density at radius 2 is 1.74 bits per heavy atom. The van der Waals surface area contributed by atoms with Gasteiger partial charge in [-0.3, -0.25) is 9.89 Å². The first-order valence-corrected chi connectivity index (χ1v) is 11.0. The first kappa shape index (κ1) is 23.8. The molecule has 0 bridgehead atoms. The van der Waals surface area contributed by atoms with Gasteiger partial charge in [0.15, 0.2) is 5.96 Å². The lowest BCUT2D eigenvalue weighted by atomic mass is 9.84. The number of aliphatic imine (C=N–C) groups is 1. The Morgan fingerprint density at radius 1 is 1.06 bits per heavy atom. The third-order valence-corrected chi connectivity index (χ3v) is 6.58. The summed E-state index contributed by atoms with van der Waals surface area (Å²) < 4.78 is 53.1. The number of guanidine groups is 1. The lowest BCUT2D eigenvalue weighted by molar-refractivity contribution is -0.138. The molecule has 3 rings (SSSR count). The number of hydrogen-bond donors (Lipinski definition) is 2. The van der Waals surface area contributed by atoms with Gasteiger partial charge in [0.25, 0.3) is 0 Å². The molecular formula is C22H33F4N5. The molecule has 174 valence electrons. The van der Waals surface area contributed by atoms with E-state index >= 15 is 0 Å². The molecule has 2 aliphatic heterocycles. The summed E-state index contributed by atoms with van der Waals surface area (Å²) in [5.41, 5.74) is -0.949. The quantitative estimate of drug-likeness (QED) is 0.416. The normalized spacial score (nSPS) is 21.2. The predicted octanol–water partition coefficient (Wildman–Crippen LogP) is 3.46. The van der Waals surface area contributed by atoms with Crippen LogP contribution in [0.5, 0.6) is 0 Å². The van der Waals surface area contributed by atoms with Crippen molar-refractivity contribution in [1.82, 2.24) is 20.4 Å². The van der Waals surface area contributed by atoms with E-state index in [1.165, 1.54) is 25.3 Å². The number of piperidine rings is 2. The number of benzene rings is 1. The van der Waals surface area contributed by atoms with Gasteiger partial charge in [0, 0.05) is 25.7 Å². The largest absolute Gasteiger partial charge is 0.416 e. The highest BCUT2D eigenvalue weighted by atomic mass is 19.4. The number of halogens is 4. The second-order valence-electron chi connectivity index (χ2n) is 8.65. The van der Waals surface area contributed by atoms with Crippen LogP contribution in [0.15, 0.2) is 23.2 Å². The van der Waals surface area contributed by atoms with Gasteiger partial charge in [0.1, 0.15) is 5.82 Å². The van der Waals surface area contributed by atoms with Gasteiger partial charge in [-0.1, -0.05) is 12.5 Å².